The Morgan fingerprint density at radius 2 is 1.97 bits per heavy atom. The minimum atomic E-state index is -0.455. The van der Waals surface area contributed by atoms with Gasteiger partial charge in [-0.3, -0.25) is 24.6 Å². The van der Waals surface area contributed by atoms with Gasteiger partial charge in [0.25, 0.3) is 11.6 Å². The van der Waals surface area contributed by atoms with E-state index in [9.17, 15) is 14.9 Å². The van der Waals surface area contributed by atoms with Crippen LogP contribution >= 0.6 is 22.7 Å². The number of hydrogen-bond acceptors (Lipinski definition) is 7. The largest absolute Gasteiger partial charge is 0.296 e. The summed E-state index contributed by atoms with van der Waals surface area (Å²) in [5.41, 5.74) is 2.80. The van der Waals surface area contributed by atoms with Gasteiger partial charge in [-0.15, -0.1) is 11.3 Å². The van der Waals surface area contributed by atoms with Crippen LogP contribution in [0.3, 0.4) is 0 Å². The second-order valence-electron chi connectivity index (χ2n) is 6.15. The zero-order valence-corrected chi connectivity index (χ0v) is 16.2. The van der Waals surface area contributed by atoms with Gasteiger partial charge in [0.15, 0.2) is 10.1 Å². The zero-order chi connectivity index (χ0) is 20.0. The van der Waals surface area contributed by atoms with Crippen LogP contribution in [0.25, 0.3) is 26.4 Å². The summed E-state index contributed by atoms with van der Waals surface area (Å²) in [5, 5.41) is 15.8. The Labute approximate surface area is 171 Å². The first-order chi connectivity index (χ1) is 14.1. The number of nitro benzene ring substituents is 1. The van der Waals surface area contributed by atoms with Gasteiger partial charge in [-0.05, 0) is 6.07 Å². The molecule has 0 atom stereocenters. The molecule has 0 spiro atoms. The van der Waals surface area contributed by atoms with Crippen molar-refractivity contribution in [3.05, 3.63) is 75.9 Å². The van der Waals surface area contributed by atoms with Gasteiger partial charge in [-0.2, -0.15) is 0 Å². The standard InChI is InChI=1S/C19H11N5O3S2/c25-17(22-18-20-13-7-6-12(24(26)27)8-16(13)29-18)15-10-28-19-21-14(9-23(15)19)11-4-2-1-3-5-11/h1-10H,(H,20,22,25). The fourth-order valence-corrected chi connectivity index (χ4v) is 4.68. The van der Waals surface area contributed by atoms with E-state index in [0.29, 0.717) is 26.0 Å². The maximum atomic E-state index is 12.8. The predicted octanol–water partition coefficient (Wildman–Crippen LogP) is 4.83. The number of hydrogen-bond donors (Lipinski definition) is 1. The second kappa shape index (κ2) is 6.76. The summed E-state index contributed by atoms with van der Waals surface area (Å²) in [4.78, 5) is 32.9. The minimum Gasteiger partial charge on any atom is -0.296 e. The van der Waals surface area contributed by atoms with Crippen molar-refractivity contribution in [2.45, 2.75) is 0 Å². The monoisotopic (exact) mass is 421 g/mol. The lowest BCUT2D eigenvalue weighted by atomic mass is 10.2. The number of nitrogens with zero attached hydrogens (tertiary/aromatic N) is 4. The molecular formula is C19H11N5O3S2. The molecule has 3 aromatic heterocycles. The third-order valence-electron chi connectivity index (χ3n) is 4.31. The molecule has 1 amide bonds. The Morgan fingerprint density at radius 1 is 1.14 bits per heavy atom. The van der Waals surface area contributed by atoms with Crippen LogP contribution in [0.4, 0.5) is 10.8 Å². The second-order valence-corrected chi connectivity index (χ2v) is 8.02. The summed E-state index contributed by atoms with van der Waals surface area (Å²) in [6, 6.07) is 14.2. The molecule has 142 valence electrons. The molecule has 1 N–H and O–H groups in total. The molecule has 8 nitrogen and oxygen atoms in total. The van der Waals surface area contributed by atoms with E-state index in [4.69, 9.17) is 0 Å². The van der Waals surface area contributed by atoms with E-state index in [0.717, 1.165) is 11.3 Å². The molecule has 0 unspecified atom stereocenters. The number of carbonyl (C=O) groups excluding carboxylic acids is 1. The smallest absolute Gasteiger partial charge is 0.275 e. The highest BCUT2D eigenvalue weighted by molar-refractivity contribution is 7.22. The first-order valence-electron chi connectivity index (χ1n) is 8.47. The van der Waals surface area contributed by atoms with Crippen LogP contribution < -0.4 is 5.32 Å². The van der Waals surface area contributed by atoms with Crippen LogP contribution in [0.1, 0.15) is 10.5 Å². The lowest BCUT2D eigenvalue weighted by Gasteiger charge is -1.99. The van der Waals surface area contributed by atoms with E-state index in [1.807, 2.05) is 36.5 Å². The highest BCUT2D eigenvalue weighted by Gasteiger charge is 2.17. The normalized spacial score (nSPS) is 11.2. The maximum Gasteiger partial charge on any atom is 0.275 e. The van der Waals surface area contributed by atoms with Gasteiger partial charge in [0.2, 0.25) is 0 Å². The molecule has 5 rings (SSSR count). The number of aromatic nitrogens is 3. The Morgan fingerprint density at radius 3 is 2.76 bits per heavy atom. The van der Waals surface area contributed by atoms with Crippen molar-refractivity contribution in [3.63, 3.8) is 0 Å². The Bertz CT molecular complexity index is 1390. The van der Waals surface area contributed by atoms with Crippen LogP contribution in [0.5, 0.6) is 0 Å². The molecule has 0 saturated heterocycles. The van der Waals surface area contributed by atoms with Gasteiger partial charge >= 0.3 is 0 Å². The lowest BCUT2D eigenvalue weighted by Crippen LogP contribution is -2.13. The molecule has 0 aliphatic heterocycles. The van der Waals surface area contributed by atoms with Crippen molar-refractivity contribution in [2.24, 2.45) is 0 Å². The van der Waals surface area contributed by atoms with E-state index >= 15 is 0 Å². The van der Waals surface area contributed by atoms with E-state index < -0.39 is 4.92 Å². The van der Waals surface area contributed by atoms with Gasteiger partial charge < -0.3 is 0 Å². The molecule has 3 heterocycles. The predicted molar refractivity (Wildman–Crippen MR) is 113 cm³/mol. The number of imidazole rings is 1. The summed E-state index contributed by atoms with van der Waals surface area (Å²) in [5.74, 6) is -0.318. The van der Waals surface area contributed by atoms with Gasteiger partial charge in [-0.1, -0.05) is 41.7 Å². The average molecular weight is 421 g/mol. The summed E-state index contributed by atoms with van der Waals surface area (Å²) < 4.78 is 2.39. The molecule has 10 heteroatoms. The Balaban J connectivity index is 1.45. The number of thiazole rings is 2. The zero-order valence-electron chi connectivity index (χ0n) is 14.6. The van der Waals surface area contributed by atoms with Crippen LogP contribution in [0.15, 0.2) is 60.1 Å². The molecule has 29 heavy (non-hydrogen) atoms. The van der Waals surface area contributed by atoms with E-state index in [-0.39, 0.29) is 11.6 Å². The van der Waals surface area contributed by atoms with E-state index in [1.54, 1.807) is 15.8 Å². The quantitative estimate of drug-likeness (QED) is 0.331. The van der Waals surface area contributed by atoms with Crippen LogP contribution in [-0.4, -0.2) is 25.2 Å². The fourth-order valence-electron chi connectivity index (χ4n) is 2.94. The molecule has 0 saturated carbocycles. The first-order valence-corrected chi connectivity index (χ1v) is 10.2. The number of carbonyl (C=O) groups is 1. The summed E-state index contributed by atoms with van der Waals surface area (Å²) in [6.45, 7) is 0. The Hall–Kier alpha value is -3.63. The number of nitro groups is 1. The van der Waals surface area contributed by atoms with Crippen molar-refractivity contribution in [1.82, 2.24) is 14.4 Å². The van der Waals surface area contributed by atoms with Crippen molar-refractivity contribution in [2.75, 3.05) is 5.32 Å². The van der Waals surface area contributed by atoms with Crippen molar-refractivity contribution >= 4 is 54.6 Å². The van der Waals surface area contributed by atoms with Crippen molar-refractivity contribution < 1.29 is 9.72 Å². The topological polar surface area (TPSA) is 102 Å². The summed E-state index contributed by atoms with van der Waals surface area (Å²) >= 11 is 2.57. The third kappa shape index (κ3) is 3.13. The van der Waals surface area contributed by atoms with Gasteiger partial charge in [0.05, 0.1) is 20.8 Å². The summed E-state index contributed by atoms with van der Waals surface area (Å²) in [7, 11) is 0. The highest BCUT2D eigenvalue weighted by Crippen LogP contribution is 2.30. The average Bonchev–Trinajstić information content (AvgIpc) is 3.41. The maximum absolute atomic E-state index is 12.8. The number of amides is 1. The van der Waals surface area contributed by atoms with Crippen LogP contribution in [-0.2, 0) is 0 Å². The van der Waals surface area contributed by atoms with Gasteiger partial charge in [0, 0.05) is 29.3 Å². The number of benzene rings is 2. The SMILES string of the molecule is O=C(Nc1nc2ccc([N+](=O)[O-])cc2s1)c1csc2nc(-c3ccccc3)cn12. The highest BCUT2D eigenvalue weighted by atomic mass is 32.1. The number of nitrogens with one attached hydrogen (secondary N) is 1. The molecule has 0 fully saturated rings. The molecule has 0 aliphatic carbocycles. The molecule has 2 aromatic carbocycles. The van der Waals surface area contributed by atoms with E-state index in [1.165, 1.54) is 34.8 Å². The molecule has 0 radical (unpaired) electrons. The fraction of sp³-hybridized carbons (Fsp3) is 0. The first kappa shape index (κ1) is 17.5. The molecule has 5 aromatic rings. The third-order valence-corrected chi connectivity index (χ3v) is 6.09. The van der Waals surface area contributed by atoms with Crippen LogP contribution in [0.2, 0.25) is 0 Å². The lowest BCUT2D eigenvalue weighted by molar-refractivity contribution is -0.384. The Kier molecular flexibility index (Phi) is 4.07. The van der Waals surface area contributed by atoms with Crippen molar-refractivity contribution in [3.8, 4) is 11.3 Å². The number of anilines is 1. The van der Waals surface area contributed by atoms with E-state index in [2.05, 4.69) is 15.3 Å². The van der Waals surface area contributed by atoms with Crippen molar-refractivity contribution in [1.29, 1.82) is 0 Å². The molecular weight excluding hydrogens is 410 g/mol. The van der Waals surface area contributed by atoms with Gasteiger partial charge in [0.1, 0.15) is 5.69 Å². The number of fused-ring (bicyclic) bond motifs is 2. The minimum absolute atomic E-state index is 0.00886. The van der Waals surface area contributed by atoms with Gasteiger partial charge in [-0.25, -0.2) is 9.97 Å². The number of rotatable bonds is 4. The molecule has 0 bridgehead atoms. The molecule has 0 aliphatic rings. The summed E-state index contributed by atoms with van der Waals surface area (Å²) in [6.07, 6.45) is 1.83. The number of non-ortho nitro benzene ring substituents is 1. The van der Waals surface area contributed by atoms with Crippen LogP contribution in [0, 0.1) is 10.1 Å².